The summed E-state index contributed by atoms with van der Waals surface area (Å²) in [4.78, 5) is 10.7. The Morgan fingerprint density at radius 3 is 2.82 bits per heavy atom. The van der Waals surface area contributed by atoms with Gasteiger partial charge < -0.3 is 20.5 Å². The molecule has 2 aromatic rings. The molecule has 1 fully saturated rings. The topological polar surface area (TPSA) is 70.6 Å². The number of halogens is 2. The lowest BCUT2D eigenvalue weighted by Gasteiger charge is -2.45. The lowest BCUT2D eigenvalue weighted by molar-refractivity contribution is -0.136. The van der Waals surface area contributed by atoms with Crippen LogP contribution in [0.15, 0.2) is 42.5 Å². The van der Waals surface area contributed by atoms with E-state index in [-0.39, 0.29) is 30.7 Å². The van der Waals surface area contributed by atoms with Crippen LogP contribution >= 0.6 is 11.6 Å². The highest BCUT2D eigenvalue weighted by Crippen LogP contribution is 2.51. The van der Waals surface area contributed by atoms with E-state index in [4.69, 9.17) is 21.4 Å². The Kier molecular flexibility index (Phi) is 5.53. The second-order valence-electron chi connectivity index (χ2n) is 7.33. The van der Waals surface area contributed by atoms with Crippen LogP contribution in [0.4, 0.5) is 10.1 Å². The summed E-state index contributed by atoms with van der Waals surface area (Å²) in [6.07, 6.45) is 1.24. The maximum atomic E-state index is 14.7. The molecule has 2 aliphatic heterocycles. The summed E-state index contributed by atoms with van der Waals surface area (Å²) < 4.78 is 21.0. The number of anilines is 1. The first kappa shape index (κ1) is 19.2. The van der Waals surface area contributed by atoms with Crippen LogP contribution in [-0.2, 0) is 9.53 Å². The van der Waals surface area contributed by atoms with Crippen molar-refractivity contribution in [3.8, 4) is 0 Å². The zero-order chi connectivity index (χ0) is 19.7. The predicted octanol–water partition coefficient (Wildman–Crippen LogP) is 4.16. The molecule has 0 aliphatic carbocycles. The summed E-state index contributed by atoms with van der Waals surface area (Å²) in [6, 6.07) is 13.0. The van der Waals surface area contributed by atoms with E-state index in [0.29, 0.717) is 17.3 Å². The molecule has 4 atom stereocenters. The Hall–Kier alpha value is -2.15. The number of hydrogen-bond acceptors (Lipinski definition) is 4. The normalized spacial score (nSPS) is 26.1. The number of carboxylic acid groups (broad SMARTS) is 1. The Bertz CT molecular complexity index is 864. The molecule has 0 spiro atoms. The standard InChI is InChI=1S/C21H22ClFN2O3/c22-13-8-16-20(17(23)9-13)25-19(12-4-2-1-3-5-12)15-7-6-14(28-21(15)16)10-24-11-18(26)27/h1-5,8-9,14-15,19,21,24-25H,6-7,10-11H2,(H,26,27)/t14-,15+,19+,21+/m1/s1. The molecular weight excluding hydrogens is 383 g/mol. The number of aliphatic carboxylic acids is 1. The number of rotatable bonds is 5. The van der Waals surface area contributed by atoms with Gasteiger partial charge in [0.2, 0.25) is 0 Å². The van der Waals surface area contributed by atoms with E-state index in [9.17, 15) is 9.18 Å². The van der Waals surface area contributed by atoms with Gasteiger partial charge in [0, 0.05) is 23.0 Å². The van der Waals surface area contributed by atoms with Gasteiger partial charge in [-0.2, -0.15) is 0 Å². The Morgan fingerprint density at radius 1 is 1.29 bits per heavy atom. The van der Waals surface area contributed by atoms with Crippen molar-refractivity contribution in [2.45, 2.75) is 31.1 Å². The lowest BCUT2D eigenvalue weighted by atomic mass is 9.76. The van der Waals surface area contributed by atoms with Gasteiger partial charge in [-0.25, -0.2) is 4.39 Å². The van der Waals surface area contributed by atoms with Crippen molar-refractivity contribution in [1.29, 1.82) is 0 Å². The van der Waals surface area contributed by atoms with Gasteiger partial charge in [0.05, 0.1) is 30.5 Å². The third-order valence-electron chi connectivity index (χ3n) is 5.48. The maximum Gasteiger partial charge on any atom is 0.317 e. The predicted molar refractivity (Wildman–Crippen MR) is 105 cm³/mol. The Morgan fingerprint density at radius 2 is 2.07 bits per heavy atom. The minimum atomic E-state index is -0.904. The van der Waals surface area contributed by atoms with Gasteiger partial charge in [-0.3, -0.25) is 4.79 Å². The average molecular weight is 405 g/mol. The zero-order valence-electron chi connectivity index (χ0n) is 15.2. The fourth-order valence-electron chi connectivity index (χ4n) is 4.27. The molecule has 0 saturated carbocycles. The minimum absolute atomic E-state index is 0.0673. The van der Waals surface area contributed by atoms with E-state index in [0.717, 1.165) is 24.0 Å². The number of benzene rings is 2. The van der Waals surface area contributed by atoms with E-state index >= 15 is 0 Å². The molecule has 2 aromatic carbocycles. The molecule has 0 radical (unpaired) electrons. The molecule has 28 heavy (non-hydrogen) atoms. The molecular formula is C21H22ClFN2O3. The number of ether oxygens (including phenoxy) is 1. The molecule has 5 nitrogen and oxygen atoms in total. The third kappa shape index (κ3) is 3.85. The number of hydrogen-bond donors (Lipinski definition) is 3. The van der Waals surface area contributed by atoms with Crippen LogP contribution in [0.5, 0.6) is 0 Å². The highest BCUT2D eigenvalue weighted by Gasteiger charge is 2.43. The number of nitrogens with one attached hydrogen (secondary N) is 2. The fraction of sp³-hybridized carbons (Fsp3) is 0.381. The summed E-state index contributed by atoms with van der Waals surface area (Å²) >= 11 is 6.12. The van der Waals surface area contributed by atoms with Crippen molar-refractivity contribution in [3.05, 3.63) is 64.4 Å². The molecule has 148 valence electrons. The van der Waals surface area contributed by atoms with Crippen molar-refractivity contribution in [1.82, 2.24) is 5.32 Å². The molecule has 0 unspecified atom stereocenters. The molecule has 4 rings (SSSR count). The monoisotopic (exact) mass is 404 g/mol. The first-order valence-electron chi connectivity index (χ1n) is 9.41. The van der Waals surface area contributed by atoms with Crippen molar-refractivity contribution in [2.75, 3.05) is 18.4 Å². The van der Waals surface area contributed by atoms with Crippen molar-refractivity contribution in [2.24, 2.45) is 5.92 Å². The summed E-state index contributed by atoms with van der Waals surface area (Å²) in [5.74, 6) is -1.17. The van der Waals surface area contributed by atoms with Gasteiger partial charge in [0.25, 0.3) is 0 Å². The van der Waals surface area contributed by atoms with Crippen LogP contribution in [-0.4, -0.2) is 30.3 Å². The molecule has 3 N–H and O–H groups in total. The maximum absolute atomic E-state index is 14.7. The van der Waals surface area contributed by atoms with E-state index in [1.54, 1.807) is 6.07 Å². The van der Waals surface area contributed by atoms with Crippen LogP contribution in [0.2, 0.25) is 5.02 Å². The molecule has 7 heteroatoms. The van der Waals surface area contributed by atoms with Crippen molar-refractivity contribution >= 4 is 23.3 Å². The number of carboxylic acids is 1. The minimum Gasteiger partial charge on any atom is -0.480 e. The van der Waals surface area contributed by atoms with Gasteiger partial charge >= 0.3 is 5.97 Å². The molecule has 1 saturated heterocycles. The van der Waals surface area contributed by atoms with E-state index in [2.05, 4.69) is 10.6 Å². The summed E-state index contributed by atoms with van der Waals surface area (Å²) in [5.41, 5.74) is 2.24. The van der Waals surface area contributed by atoms with Crippen LogP contribution < -0.4 is 10.6 Å². The van der Waals surface area contributed by atoms with Crippen LogP contribution in [0.1, 0.15) is 36.1 Å². The second-order valence-corrected chi connectivity index (χ2v) is 7.77. The van der Waals surface area contributed by atoms with Gasteiger partial charge in [0.1, 0.15) is 5.82 Å². The largest absolute Gasteiger partial charge is 0.480 e. The zero-order valence-corrected chi connectivity index (χ0v) is 16.0. The number of carbonyl (C=O) groups is 1. The van der Waals surface area contributed by atoms with E-state index in [1.165, 1.54) is 6.07 Å². The average Bonchev–Trinajstić information content (AvgIpc) is 2.68. The third-order valence-corrected chi connectivity index (χ3v) is 5.70. The molecule has 2 heterocycles. The van der Waals surface area contributed by atoms with E-state index < -0.39 is 11.8 Å². The lowest BCUT2D eigenvalue weighted by Crippen LogP contribution is -2.42. The summed E-state index contributed by atoms with van der Waals surface area (Å²) in [6.45, 7) is 0.330. The number of fused-ring (bicyclic) bond motifs is 3. The highest BCUT2D eigenvalue weighted by atomic mass is 35.5. The highest BCUT2D eigenvalue weighted by molar-refractivity contribution is 6.30. The van der Waals surface area contributed by atoms with Gasteiger partial charge in [-0.1, -0.05) is 41.9 Å². The Balaban J connectivity index is 1.64. The molecule has 2 aliphatic rings. The van der Waals surface area contributed by atoms with Crippen LogP contribution in [0.3, 0.4) is 0 Å². The molecule has 0 aromatic heterocycles. The van der Waals surface area contributed by atoms with Gasteiger partial charge in [-0.15, -0.1) is 0 Å². The van der Waals surface area contributed by atoms with E-state index in [1.807, 2.05) is 30.3 Å². The summed E-state index contributed by atoms with van der Waals surface area (Å²) in [7, 11) is 0. The Labute approximate surface area is 167 Å². The van der Waals surface area contributed by atoms with Crippen LogP contribution in [0.25, 0.3) is 0 Å². The first-order valence-corrected chi connectivity index (χ1v) is 9.79. The molecule has 0 amide bonds. The first-order chi connectivity index (χ1) is 13.5. The van der Waals surface area contributed by atoms with Gasteiger partial charge in [0.15, 0.2) is 0 Å². The quantitative estimate of drug-likeness (QED) is 0.698. The van der Waals surface area contributed by atoms with Crippen molar-refractivity contribution < 1.29 is 19.0 Å². The van der Waals surface area contributed by atoms with Crippen molar-refractivity contribution in [3.63, 3.8) is 0 Å². The van der Waals surface area contributed by atoms with Gasteiger partial charge in [-0.05, 0) is 30.5 Å². The van der Waals surface area contributed by atoms with Crippen LogP contribution in [0, 0.1) is 11.7 Å². The molecule has 0 bridgehead atoms. The second kappa shape index (κ2) is 8.07. The SMILES string of the molecule is O=C(O)CNC[C@H]1CC[C@@H]2[C@H](O1)c1cc(Cl)cc(F)c1N[C@H]2c1ccccc1. The smallest absolute Gasteiger partial charge is 0.317 e. The fourth-order valence-corrected chi connectivity index (χ4v) is 4.48. The summed E-state index contributed by atoms with van der Waals surface area (Å²) in [5, 5.41) is 15.4.